The summed E-state index contributed by atoms with van der Waals surface area (Å²) >= 11 is 0. The third-order valence-electron chi connectivity index (χ3n) is 6.93. The number of ether oxygens (including phenoxy) is 3. The van der Waals surface area contributed by atoms with Crippen molar-refractivity contribution in [1.29, 1.82) is 0 Å². The van der Waals surface area contributed by atoms with Gasteiger partial charge >= 0.3 is 17.9 Å². The molecule has 0 heterocycles. The maximum absolute atomic E-state index is 13.6. The van der Waals surface area contributed by atoms with E-state index in [1.54, 1.807) is 34.6 Å². The topological polar surface area (TPSA) is 125 Å². The number of hydrogen-bond acceptors (Lipinski definition) is 8. The summed E-state index contributed by atoms with van der Waals surface area (Å²) in [6, 6.07) is 8.15. The molecule has 0 bridgehead atoms. The van der Waals surface area contributed by atoms with Crippen LogP contribution in [-0.4, -0.2) is 47.8 Å². The molecule has 0 radical (unpaired) electrons. The SMILES string of the molecule is C=CCOC(=O)[C@H](CC(=O)[C@H](CCC(=O)OC(C)(C)C)NC(=O)[C@@H](CC(=O)OCc1ccccc1)C(C)C)C(C)CC. The van der Waals surface area contributed by atoms with Crippen molar-refractivity contribution < 1.29 is 38.2 Å². The van der Waals surface area contributed by atoms with Gasteiger partial charge in [-0.05, 0) is 44.6 Å². The van der Waals surface area contributed by atoms with Gasteiger partial charge in [0.25, 0.3) is 0 Å². The third-order valence-corrected chi connectivity index (χ3v) is 6.93. The molecule has 1 unspecified atom stereocenters. The van der Waals surface area contributed by atoms with Crippen LogP contribution >= 0.6 is 0 Å². The quantitative estimate of drug-likeness (QED) is 0.138. The number of ketones is 1. The summed E-state index contributed by atoms with van der Waals surface area (Å²) in [5.74, 6) is -4.36. The average Bonchev–Trinajstić information content (AvgIpc) is 2.93. The van der Waals surface area contributed by atoms with Crippen molar-refractivity contribution in [2.75, 3.05) is 6.61 Å². The summed E-state index contributed by atoms with van der Waals surface area (Å²) in [5, 5.41) is 2.77. The summed E-state index contributed by atoms with van der Waals surface area (Å²) in [5.41, 5.74) is 0.117. The second-order valence-corrected chi connectivity index (χ2v) is 12.0. The van der Waals surface area contributed by atoms with Gasteiger partial charge in [0.2, 0.25) is 5.91 Å². The van der Waals surface area contributed by atoms with Crippen molar-refractivity contribution in [1.82, 2.24) is 5.32 Å². The van der Waals surface area contributed by atoms with Gasteiger partial charge < -0.3 is 19.5 Å². The van der Waals surface area contributed by atoms with E-state index in [0.29, 0.717) is 6.42 Å². The van der Waals surface area contributed by atoms with Gasteiger partial charge in [-0.15, -0.1) is 0 Å². The van der Waals surface area contributed by atoms with Crippen molar-refractivity contribution in [3.05, 3.63) is 48.6 Å². The molecule has 0 aliphatic heterocycles. The van der Waals surface area contributed by atoms with Crippen LogP contribution < -0.4 is 5.32 Å². The number of carbonyl (C=O) groups excluding carboxylic acids is 5. The van der Waals surface area contributed by atoms with Gasteiger partial charge in [-0.1, -0.05) is 77.1 Å². The molecule has 0 aromatic heterocycles. The normalized spacial score (nSPS) is 14.2. The van der Waals surface area contributed by atoms with Crippen molar-refractivity contribution in [2.45, 2.75) is 98.8 Å². The molecular formula is C33H49NO8. The second-order valence-electron chi connectivity index (χ2n) is 12.0. The first kappa shape index (κ1) is 36.5. The van der Waals surface area contributed by atoms with E-state index in [-0.39, 0.29) is 50.7 Å². The number of Topliss-reactive ketones (excluding diaryl/α,β-unsaturated/α-hetero) is 1. The number of rotatable bonds is 18. The fourth-order valence-corrected chi connectivity index (χ4v) is 4.26. The molecule has 0 aliphatic rings. The Morgan fingerprint density at radius 2 is 1.57 bits per heavy atom. The molecule has 0 aliphatic carbocycles. The van der Waals surface area contributed by atoms with E-state index in [4.69, 9.17) is 14.2 Å². The Hall–Kier alpha value is -3.49. The van der Waals surface area contributed by atoms with Gasteiger partial charge in [0.15, 0.2) is 5.78 Å². The molecule has 1 amide bonds. The van der Waals surface area contributed by atoms with E-state index in [2.05, 4.69) is 11.9 Å². The molecule has 234 valence electrons. The molecular weight excluding hydrogens is 538 g/mol. The zero-order valence-electron chi connectivity index (χ0n) is 26.3. The summed E-state index contributed by atoms with van der Waals surface area (Å²) in [6.45, 7) is 16.3. The highest BCUT2D eigenvalue weighted by Crippen LogP contribution is 2.24. The van der Waals surface area contributed by atoms with E-state index in [1.807, 2.05) is 44.2 Å². The minimum Gasteiger partial charge on any atom is -0.461 e. The Balaban J connectivity index is 3.08. The van der Waals surface area contributed by atoms with Gasteiger partial charge in [0.1, 0.15) is 18.8 Å². The van der Waals surface area contributed by atoms with Gasteiger partial charge in [-0.2, -0.15) is 0 Å². The third kappa shape index (κ3) is 13.9. The van der Waals surface area contributed by atoms with Crippen molar-refractivity contribution >= 4 is 29.6 Å². The molecule has 1 rings (SSSR count). The van der Waals surface area contributed by atoms with Crippen LogP contribution in [0.4, 0.5) is 0 Å². The standard InChI is InChI=1S/C33H49NO8/c1-9-18-40-32(39)26(23(5)10-2)19-28(35)27(16-17-29(36)42-33(6,7)8)34-31(38)25(22(3)4)20-30(37)41-21-24-14-12-11-13-15-24/h9,11-15,22-23,25-27H,1,10,16-21H2,2-8H3,(H,34,38)/t23?,25-,26+,27-/m0/s1. The van der Waals surface area contributed by atoms with E-state index < -0.39 is 53.1 Å². The second kappa shape index (κ2) is 18.1. The molecule has 9 nitrogen and oxygen atoms in total. The van der Waals surface area contributed by atoms with Crippen LogP contribution in [0, 0.1) is 23.7 Å². The Labute approximate surface area is 250 Å². The minimum atomic E-state index is -1.06. The van der Waals surface area contributed by atoms with E-state index in [9.17, 15) is 24.0 Å². The monoisotopic (exact) mass is 587 g/mol. The highest BCUT2D eigenvalue weighted by atomic mass is 16.6. The Morgan fingerprint density at radius 1 is 0.929 bits per heavy atom. The number of benzene rings is 1. The summed E-state index contributed by atoms with van der Waals surface area (Å²) in [6.07, 6.45) is 1.61. The zero-order valence-corrected chi connectivity index (χ0v) is 26.3. The number of hydrogen-bond donors (Lipinski definition) is 1. The molecule has 1 aromatic rings. The Morgan fingerprint density at radius 3 is 2.12 bits per heavy atom. The van der Waals surface area contributed by atoms with Crippen molar-refractivity contribution in [2.24, 2.45) is 23.7 Å². The predicted molar refractivity (Wildman–Crippen MR) is 160 cm³/mol. The molecule has 1 aromatic carbocycles. The largest absolute Gasteiger partial charge is 0.461 e. The van der Waals surface area contributed by atoms with Gasteiger partial charge in [0, 0.05) is 12.8 Å². The van der Waals surface area contributed by atoms with Crippen LogP contribution in [0.1, 0.15) is 86.1 Å². The summed E-state index contributed by atoms with van der Waals surface area (Å²) < 4.78 is 16.0. The molecule has 0 spiro atoms. The maximum Gasteiger partial charge on any atom is 0.309 e. The molecule has 42 heavy (non-hydrogen) atoms. The fourth-order valence-electron chi connectivity index (χ4n) is 4.26. The molecule has 1 N–H and O–H groups in total. The minimum absolute atomic E-state index is 0.0162. The first-order valence-corrected chi connectivity index (χ1v) is 14.7. The summed E-state index contributed by atoms with van der Waals surface area (Å²) in [4.78, 5) is 64.9. The van der Waals surface area contributed by atoms with Crippen LogP contribution in [-0.2, 0) is 44.8 Å². The summed E-state index contributed by atoms with van der Waals surface area (Å²) in [7, 11) is 0. The first-order chi connectivity index (χ1) is 19.7. The molecule has 4 atom stereocenters. The maximum atomic E-state index is 13.6. The lowest BCUT2D eigenvalue weighted by atomic mass is 9.85. The predicted octanol–water partition coefficient (Wildman–Crippen LogP) is 5.35. The van der Waals surface area contributed by atoms with Crippen LogP contribution in [0.15, 0.2) is 43.0 Å². The van der Waals surface area contributed by atoms with Crippen molar-refractivity contribution in [3.63, 3.8) is 0 Å². The molecule has 0 saturated heterocycles. The number of amides is 1. The van der Waals surface area contributed by atoms with Crippen LogP contribution in [0.3, 0.4) is 0 Å². The van der Waals surface area contributed by atoms with Crippen LogP contribution in [0.25, 0.3) is 0 Å². The zero-order chi connectivity index (χ0) is 31.9. The fraction of sp³-hybridized carbons (Fsp3) is 0.606. The first-order valence-electron chi connectivity index (χ1n) is 14.7. The lowest BCUT2D eigenvalue weighted by molar-refractivity contribution is -0.155. The average molecular weight is 588 g/mol. The number of esters is 3. The highest BCUT2D eigenvalue weighted by molar-refractivity contribution is 5.93. The van der Waals surface area contributed by atoms with Gasteiger partial charge in [-0.25, -0.2) is 0 Å². The highest BCUT2D eigenvalue weighted by Gasteiger charge is 2.34. The smallest absolute Gasteiger partial charge is 0.309 e. The van der Waals surface area contributed by atoms with Gasteiger partial charge in [0.05, 0.1) is 24.3 Å². The van der Waals surface area contributed by atoms with E-state index in [1.165, 1.54) is 6.08 Å². The molecule has 0 saturated carbocycles. The molecule has 0 fully saturated rings. The van der Waals surface area contributed by atoms with Crippen molar-refractivity contribution in [3.8, 4) is 0 Å². The Kier molecular flexibility index (Phi) is 15.8. The van der Waals surface area contributed by atoms with E-state index >= 15 is 0 Å². The van der Waals surface area contributed by atoms with Crippen LogP contribution in [0.5, 0.6) is 0 Å². The lowest BCUT2D eigenvalue weighted by Gasteiger charge is -2.26. The van der Waals surface area contributed by atoms with Crippen LogP contribution in [0.2, 0.25) is 0 Å². The lowest BCUT2D eigenvalue weighted by Crippen LogP contribution is -2.46. The van der Waals surface area contributed by atoms with Gasteiger partial charge in [-0.3, -0.25) is 24.0 Å². The van der Waals surface area contributed by atoms with E-state index in [0.717, 1.165) is 5.56 Å². The number of nitrogens with one attached hydrogen (secondary N) is 1. The number of carbonyl (C=O) groups is 5. The molecule has 9 heteroatoms. The Bertz CT molecular complexity index is 1040.